The summed E-state index contributed by atoms with van der Waals surface area (Å²) in [4.78, 5) is 0. The second-order valence-electron chi connectivity index (χ2n) is 4.54. The van der Waals surface area contributed by atoms with E-state index in [4.69, 9.17) is 14.9 Å². The van der Waals surface area contributed by atoms with E-state index in [1.165, 1.54) is 6.07 Å². The molecule has 0 bridgehead atoms. The first-order valence-electron chi connectivity index (χ1n) is 7.28. The van der Waals surface area contributed by atoms with Gasteiger partial charge in [0.1, 0.15) is 41.8 Å². The fraction of sp³-hybridized carbons (Fsp3) is 0.294. The highest BCUT2D eigenvalue weighted by Gasteiger charge is 2.30. The fourth-order valence-electron chi connectivity index (χ4n) is 1.90. The van der Waals surface area contributed by atoms with Crippen molar-refractivity contribution in [2.45, 2.75) is 26.1 Å². The Morgan fingerprint density at radius 1 is 0.913 bits per heavy atom. The van der Waals surface area contributed by atoms with E-state index in [1.54, 1.807) is 24.3 Å². The van der Waals surface area contributed by atoms with Crippen LogP contribution in [0, 0.1) is 0 Å². The lowest BCUT2D eigenvalue weighted by Crippen LogP contribution is -2.30. The maximum atomic E-state index is 9.53. The van der Waals surface area contributed by atoms with Crippen molar-refractivity contribution < 1.29 is 30.3 Å². The third-order valence-electron chi connectivity index (χ3n) is 2.93. The van der Waals surface area contributed by atoms with Gasteiger partial charge in [-0.05, 0) is 12.1 Å². The summed E-state index contributed by atoms with van der Waals surface area (Å²) in [7, 11) is 0. The smallest absolute Gasteiger partial charge is 0.132 e. The molecular weight excluding hydrogens is 300 g/mol. The maximum absolute atomic E-state index is 9.53. The normalized spacial score (nSPS) is 18.3. The molecule has 3 rings (SSSR count). The molecule has 0 radical (unpaired) electrons. The number of fused-ring (bicyclic) bond motifs is 1. The molecule has 0 aliphatic carbocycles. The summed E-state index contributed by atoms with van der Waals surface area (Å²) in [6, 6.07) is 11.1. The molecule has 1 heterocycles. The van der Waals surface area contributed by atoms with E-state index in [0.717, 1.165) is 6.07 Å². The van der Waals surface area contributed by atoms with Crippen LogP contribution in [0.25, 0.3) is 0 Å². The Morgan fingerprint density at radius 3 is 2.04 bits per heavy atom. The van der Waals surface area contributed by atoms with Crippen LogP contribution in [-0.2, 0) is 0 Å². The molecule has 1 aliphatic rings. The van der Waals surface area contributed by atoms with Gasteiger partial charge in [-0.3, -0.25) is 0 Å². The van der Waals surface area contributed by atoms with Crippen molar-refractivity contribution in [2.75, 3.05) is 6.61 Å². The van der Waals surface area contributed by atoms with Crippen molar-refractivity contribution in [1.29, 1.82) is 0 Å². The number of phenols is 3. The Hall–Kier alpha value is -2.44. The van der Waals surface area contributed by atoms with E-state index in [2.05, 4.69) is 0 Å². The van der Waals surface area contributed by atoms with Crippen molar-refractivity contribution in [3.8, 4) is 23.0 Å². The topological polar surface area (TPSA) is 110 Å². The molecule has 0 saturated carbocycles. The molecule has 23 heavy (non-hydrogen) atoms. The average molecular weight is 322 g/mol. The number of benzene rings is 2. The number of ether oxygens (including phenoxy) is 1. The zero-order valence-electron chi connectivity index (χ0n) is 13.0. The Bertz CT molecular complexity index is 600. The Labute approximate surface area is 134 Å². The Morgan fingerprint density at radius 2 is 1.52 bits per heavy atom. The highest BCUT2D eigenvalue weighted by Crippen LogP contribution is 2.41. The van der Waals surface area contributed by atoms with Gasteiger partial charge in [-0.15, -0.1) is 0 Å². The van der Waals surface area contributed by atoms with Crippen LogP contribution in [0.3, 0.4) is 0 Å². The molecule has 6 heteroatoms. The quantitative estimate of drug-likeness (QED) is 0.509. The van der Waals surface area contributed by atoms with Gasteiger partial charge in [-0.2, -0.15) is 0 Å². The van der Waals surface area contributed by atoms with Gasteiger partial charge in [0.25, 0.3) is 0 Å². The van der Waals surface area contributed by atoms with Crippen LogP contribution in [-0.4, -0.2) is 38.2 Å². The van der Waals surface area contributed by atoms with Gasteiger partial charge >= 0.3 is 0 Å². The number of aliphatic hydroxyl groups excluding tert-OH is 2. The molecule has 2 unspecified atom stereocenters. The maximum Gasteiger partial charge on any atom is 0.132 e. The first-order chi connectivity index (χ1) is 11.0. The van der Waals surface area contributed by atoms with E-state index in [0.29, 0.717) is 5.75 Å². The lowest BCUT2D eigenvalue weighted by Gasteiger charge is -2.27. The van der Waals surface area contributed by atoms with Crippen molar-refractivity contribution in [2.24, 2.45) is 0 Å². The van der Waals surface area contributed by atoms with Crippen molar-refractivity contribution in [3.63, 3.8) is 0 Å². The standard InChI is InChI=1S/C9H10O5.C6H6O.C2H6/c10-4-1-5(11)8-7(2-4)14-3-6(12)9(8)13;7-6-4-2-1-3-5-6;1-2/h1-2,6,9-13H,3H2;1-5,7H;1-2H3. The number of rotatable bonds is 0. The van der Waals surface area contributed by atoms with Crippen LogP contribution in [0.15, 0.2) is 42.5 Å². The number of hydrogen-bond acceptors (Lipinski definition) is 6. The summed E-state index contributed by atoms with van der Waals surface area (Å²) in [6.07, 6.45) is -2.24. The number of aliphatic hydroxyl groups is 2. The Kier molecular flexibility index (Phi) is 7.18. The fourth-order valence-corrected chi connectivity index (χ4v) is 1.90. The van der Waals surface area contributed by atoms with Crippen LogP contribution >= 0.6 is 0 Å². The summed E-state index contributed by atoms with van der Waals surface area (Å²) in [5.74, 6) is 0.0823. The minimum Gasteiger partial charge on any atom is -0.508 e. The summed E-state index contributed by atoms with van der Waals surface area (Å²) < 4.78 is 5.04. The van der Waals surface area contributed by atoms with E-state index in [-0.39, 0.29) is 29.4 Å². The van der Waals surface area contributed by atoms with Gasteiger partial charge in [-0.25, -0.2) is 0 Å². The third-order valence-corrected chi connectivity index (χ3v) is 2.93. The van der Waals surface area contributed by atoms with Gasteiger partial charge in [0.05, 0.1) is 5.56 Å². The van der Waals surface area contributed by atoms with Gasteiger partial charge in [0, 0.05) is 12.1 Å². The van der Waals surface area contributed by atoms with E-state index < -0.39 is 12.2 Å². The van der Waals surface area contributed by atoms with Crippen molar-refractivity contribution >= 4 is 0 Å². The first-order valence-corrected chi connectivity index (χ1v) is 7.28. The summed E-state index contributed by atoms with van der Waals surface area (Å²) in [6.45, 7) is 3.94. The molecule has 2 atom stereocenters. The molecule has 0 spiro atoms. The molecule has 0 amide bonds. The predicted molar refractivity (Wildman–Crippen MR) is 85.7 cm³/mol. The molecule has 126 valence electrons. The van der Waals surface area contributed by atoms with Crippen LogP contribution in [0.1, 0.15) is 25.5 Å². The molecule has 2 aromatic rings. The van der Waals surface area contributed by atoms with Crippen molar-refractivity contribution in [3.05, 3.63) is 48.0 Å². The minimum absolute atomic E-state index is 0.0585. The Balaban J connectivity index is 0.000000247. The predicted octanol–water partition coefficient (Wildman–Crippen LogP) is 2.30. The zero-order chi connectivity index (χ0) is 17.4. The molecule has 1 aliphatic heterocycles. The lowest BCUT2D eigenvalue weighted by atomic mass is 10.00. The first kappa shape index (κ1) is 18.6. The highest BCUT2D eigenvalue weighted by atomic mass is 16.5. The largest absolute Gasteiger partial charge is 0.508 e. The number of phenolic OH excluding ortho intramolecular Hbond substituents is 3. The summed E-state index contributed by atoms with van der Waals surface area (Å²) >= 11 is 0. The summed E-state index contributed by atoms with van der Waals surface area (Å²) in [5.41, 5.74) is 0.113. The highest BCUT2D eigenvalue weighted by molar-refractivity contribution is 5.51. The van der Waals surface area contributed by atoms with E-state index >= 15 is 0 Å². The molecule has 2 aromatic carbocycles. The lowest BCUT2D eigenvalue weighted by molar-refractivity contribution is -0.0269. The second-order valence-corrected chi connectivity index (χ2v) is 4.54. The summed E-state index contributed by atoms with van der Waals surface area (Å²) in [5, 5.41) is 46.0. The number of hydrogen-bond donors (Lipinski definition) is 5. The molecule has 6 nitrogen and oxygen atoms in total. The van der Waals surface area contributed by atoms with Crippen LogP contribution in [0.5, 0.6) is 23.0 Å². The number of aromatic hydroxyl groups is 3. The van der Waals surface area contributed by atoms with Crippen LogP contribution in [0.2, 0.25) is 0 Å². The van der Waals surface area contributed by atoms with Gasteiger partial charge in [-0.1, -0.05) is 32.0 Å². The third kappa shape index (κ3) is 5.05. The van der Waals surface area contributed by atoms with Gasteiger partial charge < -0.3 is 30.3 Å². The van der Waals surface area contributed by atoms with Crippen molar-refractivity contribution in [1.82, 2.24) is 0 Å². The minimum atomic E-state index is -1.18. The second kappa shape index (κ2) is 8.87. The zero-order valence-corrected chi connectivity index (χ0v) is 13.0. The SMILES string of the molecule is CC.Oc1cc(O)c2c(c1)OCC(O)C2O.Oc1ccccc1. The monoisotopic (exact) mass is 322 g/mol. The van der Waals surface area contributed by atoms with E-state index in [9.17, 15) is 15.3 Å². The van der Waals surface area contributed by atoms with Crippen LogP contribution in [0.4, 0.5) is 0 Å². The molecule has 0 saturated heterocycles. The molecule has 0 aromatic heterocycles. The van der Waals surface area contributed by atoms with Crippen LogP contribution < -0.4 is 4.74 Å². The molecule has 0 fully saturated rings. The van der Waals surface area contributed by atoms with Gasteiger partial charge in [0.2, 0.25) is 0 Å². The molecule has 5 N–H and O–H groups in total. The van der Waals surface area contributed by atoms with Gasteiger partial charge in [0.15, 0.2) is 0 Å². The number of para-hydroxylation sites is 1. The average Bonchev–Trinajstić information content (AvgIpc) is 2.54. The molecular formula is C17H22O6. The van der Waals surface area contributed by atoms with E-state index in [1.807, 2.05) is 19.9 Å².